The predicted molar refractivity (Wildman–Crippen MR) is 142 cm³/mol. The van der Waals surface area contributed by atoms with Crippen LogP contribution < -0.4 is 9.62 Å². The molecule has 0 fully saturated rings. The third-order valence-corrected chi connectivity index (χ3v) is 8.02. The molecule has 7 nitrogen and oxygen atoms in total. The van der Waals surface area contributed by atoms with Crippen LogP contribution in [0.25, 0.3) is 0 Å². The van der Waals surface area contributed by atoms with Gasteiger partial charge in [0.15, 0.2) is 0 Å². The maximum Gasteiger partial charge on any atom is 0.264 e. The van der Waals surface area contributed by atoms with Crippen molar-refractivity contribution in [2.75, 3.05) is 17.9 Å². The summed E-state index contributed by atoms with van der Waals surface area (Å²) in [6.07, 6.45) is 0. The number of carbonyl (C=O) groups is 2. The zero-order chi connectivity index (χ0) is 27.3. The smallest absolute Gasteiger partial charge is 0.264 e. The highest BCUT2D eigenvalue weighted by molar-refractivity contribution is 7.92. The van der Waals surface area contributed by atoms with E-state index in [0.29, 0.717) is 16.1 Å². The van der Waals surface area contributed by atoms with Crippen molar-refractivity contribution in [1.82, 2.24) is 10.2 Å². The second-order valence-electron chi connectivity index (χ2n) is 8.69. The van der Waals surface area contributed by atoms with Gasteiger partial charge in [-0.1, -0.05) is 47.5 Å². The molecule has 0 aliphatic heterocycles. The summed E-state index contributed by atoms with van der Waals surface area (Å²) in [5.74, 6) is -1.48. The Hall–Kier alpha value is -3.43. The van der Waals surface area contributed by atoms with E-state index in [1.54, 1.807) is 38.1 Å². The quantitative estimate of drug-likeness (QED) is 0.430. The number of rotatable bonds is 9. The van der Waals surface area contributed by atoms with Crippen LogP contribution >= 0.6 is 11.6 Å². The minimum atomic E-state index is -4.19. The molecule has 0 aromatic heterocycles. The normalized spacial score (nSPS) is 12.1. The standard InChI is InChI=1S/C27H29ClFN3O4S/c1-18-5-13-24(14-6-18)37(35,36)32(25-15-22(28)10-7-19(25)2)17-26(33)31(20(3)27(34)30-4)16-21-8-11-23(29)12-9-21/h5-15,20H,16-17H2,1-4H3,(H,30,34)/t20-/m0/s1. The van der Waals surface area contributed by atoms with E-state index in [-0.39, 0.29) is 17.1 Å². The molecule has 2 amide bonds. The minimum absolute atomic E-state index is 0.00899. The molecule has 196 valence electrons. The molecule has 10 heteroatoms. The van der Waals surface area contributed by atoms with Gasteiger partial charge in [-0.2, -0.15) is 0 Å². The Kier molecular flexibility index (Phi) is 8.94. The van der Waals surface area contributed by atoms with Crippen LogP contribution in [-0.4, -0.2) is 44.8 Å². The lowest BCUT2D eigenvalue weighted by Crippen LogP contribution is -2.50. The van der Waals surface area contributed by atoms with E-state index in [4.69, 9.17) is 11.6 Å². The van der Waals surface area contributed by atoms with Gasteiger partial charge in [-0.15, -0.1) is 0 Å². The second-order valence-corrected chi connectivity index (χ2v) is 11.0. The number of nitrogens with zero attached hydrogens (tertiary/aromatic N) is 2. The van der Waals surface area contributed by atoms with Crippen LogP contribution in [0.4, 0.5) is 10.1 Å². The maximum atomic E-state index is 13.8. The van der Waals surface area contributed by atoms with Gasteiger partial charge in [0.05, 0.1) is 10.6 Å². The Balaban J connectivity index is 2.07. The number of aryl methyl sites for hydroxylation is 2. The fraction of sp³-hybridized carbons (Fsp3) is 0.259. The summed E-state index contributed by atoms with van der Waals surface area (Å²) in [5.41, 5.74) is 2.30. The first-order chi connectivity index (χ1) is 17.4. The first-order valence-electron chi connectivity index (χ1n) is 11.5. The third kappa shape index (κ3) is 6.67. The number of likely N-dealkylation sites (N-methyl/N-ethyl adjacent to an activating group) is 1. The number of carbonyl (C=O) groups excluding carboxylic acids is 2. The van der Waals surface area contributed by atoms with Crippen molar-refractivity contribution >= 4 is 39.1 Å². The van der Waals surface area contributed by atoms with Crippen molar-refractivity contribution in [2.24, 2.45) is 0 Å². The van der Waals surface area contributed by atoms with Crippen molar-refractivity contribution in [1.29, 1.82) is 0 Å². The molecule has 0 unspecified atom stereocenters. The zero-order valence-electron chi connectivity index (χ0n) is 21.0. The fourth-order valence-electron chi connectivity index (χ4n) is 3.78. The van der Waals surface area contributed by atoms with E-state index in [9.17, 15) is 22.4 Å². The van der Waals surface area contributed by atoms with Crippen LogP contribution in [0.1, 0.15) is 23.6 Å². The highest BCUT2D eigenvalue weighted by Crippen LogP contribution is 2.30. The molecule has 0 aliphatic carbocycles. The summed E-state index contributed by atoms with van der Waals surface area (Å²) in [7, 11) is -2.74. The van der Waals surface area contributed by atoms with Crippen LogP contribution in [0.2, 0.25) is 5.02 Å². The Morgan fingerprint density at radius 2 is 1.62 bits per heavy atom. The number of nitrogens with one attached hydrogen (secondary N) is 1. The Labute approximate surface area is 221 Å². The van der Waals surface area contributed by atoms with Gasteiger partial charge in [0.25, 0.3) is 10.0 Å². The van der Waals surface area contributed by atoms with Crippen molar-refractivity contribution < 1.29 is 22.4 Å². The van der Waals surface area contributed by atoms with Crippen LogP contribution in [0.15, 0.2) is 71.6 Å². The number of sulfonamides is 1. The molecule has 0 bridgehead atoms. The van der Waals surface area contributed by atoms with E-state index >= 15 is 0 Å². The summed E-state index contributed by atoms with van der Waals surface area (Å²) in [6, 6.07) is 15.7. The number of hydrogen-bond donors (Lipinski definition) is 1. The van der Waals surface area contributed by atoms with E-state index < -0.39 is 40.2 Å². The summed E-state index contributed by atoms with van der Waals surface area (Å²) >= 11 is 6.21. The molecule has 0 saturated heterocycles. The Morgan fingerprint density at radius 3 is 2.22 bits per heavy atom. The number of hydrogen-bond acceptors (Lipinski definition) is 4. The lowest BCUT2D eigenvalue weighted by atomic mass is 10.1. The monoisotopic (exact) mass is 545 g/mol. The van der Waals surface area contributed by atoms with Crippen LogP contribution in [0.5, 0.6) is 0 Å². The molecule has 0 aliphatic rings. The molecule has 3 aromatic rings. The minimum Gasteiger partial charge on any atom is -0.357 e. The molecule has 37 heavy (non-hydrogen) atoms. The maximum absolute atomic E-state index is 13.8. The summed E-state index contributed by atoms with van der Waals surface area (Å²) in [4.78, 5) is 27.5. The molecule has 0 saturated carbocycles. The van der Waals surface area contributed by atoms with Crippen molar-refractivity contribution in [3.05, 3.63) is 94.3 Å². The van der Waals surface area contributed by atoms with Gasteiger partial charge >= 0.3 is 0 Å². The van der Waals surface area contributed by atoms with Crippen molar-refractivity contribution in [3.63, 3.8) is 0 Å². The van der Waals surface area contributed by atoms with E-state index in [2.05, 4.69) is 5.32 Å². The molecular formula is C27H29ClFN3O4S. The highest BCUT2D eigenvalue weighted by Gasteiger charge is 2.33. The molecule has 0 spiro atoms. The van der Waals surface area contributed by atoms with Crippen LogP contribution in [-0.2, 0) is 26.2 Å². The largest absolute Gasteiger partial charge is 0.357 e. The number of benzene rings is 3. The topological polar surface area (TPSA) is 86.8 Å². The number of anilines is 1. The van der Waals surface area contributed by atoms with E-state index in [1.807, 2.05) is 6.92 Å². The molecule has 0 heterocycles. The van der Waals surface area contributed by atoms with Gasteiger partial charge < -0.3 is 10.2 Å². The van der Waals surface area contributed by atoms with Gasteiger partial charge in [-0.25, -0.2) is 12.8 Å². The van der Waals surface area contributed by atoms with Crippen LogP contribution in [0, 0.1) is 19.7 Å². The molecular weight excluding hydrogens is 517 g/mol. The molecule has 1 N–H and O–H groups in total. The summed E-state index contributed by atoms with van der Waals surface area (Å²) < 4.78 is 42.1. The zero-order valence-corrected chi connectivity index (χ0v) is 22.6. The average Bonchev–Trinajstić information content (AvgIpc) is 2.87. The summed E-state index contributed by atoms with van der Waals surface area (Å²) in [6.45, 7) is 4.49. The number of amides is 2. The first-order valence-corrected chi connectivity index (χ1v) is 13.4. The molecule has 3 aromatic carbocycles. The predicted octanol–water partition coefficient (Wildman–Crippen LogP) is 4.45. The van der Waals surface area contributed by atoms with Gasteiger partial charge in [0, 0.05) is 18.6 Å². The van der Waals surface area contributed by atoms with Crippen molar-refractivity contribution in [3.8, 4) is 0 Å². The number of halogens is 2. The van der Waals surface area contributed by atoms with Gasteiger partial charge in [0.1, 0.15) is 18.4 Å². The SMILES string of the molecule is CNC(=O)[C@H](C)N(Cc1ccc(F)cc1)C(=O)CN(c1cc(Cl)ccc1C)S(=O)(=O)c1ccc(C)cc1. The lowest BCUT2D eigenvalue weighted by Gasteiger charge is -2.32. The summed E-state index contributed by atoms with van der Waals surface area (Å²) in [5, 5.41) is 2.82. The molecule has 3 rings (SSSR count). The fourth-order valence-corrected chi connectivity index (χ4v) is 5.42. The van der Waals surface area contributed by atoms with E-state index in [1.165, 1.54) is 54.4 Å². The highest BCUT2D eigenvalue weighted by atomic mass is 35.5. The first kappa shape index (κ1) is 28.1. The Bertz CT molecular complexity index is 1380. The van der Waals surface area contributed by atoms with Crippen LogP contribution in [0.3, 0.4) is 0 Å². The van der Waals surface area contributed by atoms with Gasteiger partial charge in [0.2, 0.25) is 11.8 Å². The lowest BCUT2D eigenvalue weighted by molar-refractivity contribution is -0.139. The van der Waals surface area contributed by atoms with E-state index in [0.717, 1.165) is 9.87 Å². The van der Waals surface area contributed by atoms with Gasteiger partial charge in [-0.3, -0.25) is 13.9 Å². The van der Waals surface area contributed by atoms with Crippen molar-refractivity contribution in [2.45, 2.75) is 38.3 Å². The molecule has 1 atom stereocenters. The average molecular weight is 546 g/mol. The molecule has 0 radical (unpaired) electrons. The Morgan fingerprint density at radius 1 is 1.00 bits per heavy atom. The van der Waals surface area contributed by atoms with Gasteiger partial charge in [-0.05, 0) is 68.3 Å². The third-order valence-electron chi connectivity index (χ3n) is 6.01. The second kappa shape index (κ2) is 11.7.